The summed E-state index contributed by atoms with van der Waals surface area (Å²) < 4.78 is 6.24. The van der Waals surface area contributed by atoms with Gasteiger partial charge in [0.15, 0.2) is 5.78 Å². The predicted molar refractivity (Wildman–Crippen MR) is 152 cm³/mol. The molecule has 5 rings (SSSR count). The quantitative estimate of drug-likeness (QED) is 0.105. The van der Waals surface area contributed by atoms with Crippen LogP contribution in [0.2, 0.25) is 0 Å². The Bertz CT molecular complexity index is 1450. The van der Waals surface area contributed by atoms with Gasteiger partial charge >= 0.3 is 0 Å². The average molecular weight is 687 g/mol. The van der Waals surface area contributed by atoms with Gasteiger partial charge in [-0.05, 0) is 44.7 Å². The maximum Gasteiger partial charge on any atom is 0.162 e. The van der Waals surface area contributed by atoms with Crippen molar-refractivity contribution in [2.45, 2.75) is 60.3 Å². The van der Waals surface area contributed by atoms with Gasteiger partial charge in [-0.15, -0.1) is 23.8 Å². The van der Waals surface area contributed by atoms with E-state index in [0.717, 1.165) is 70.0 Å². The fraction of sp³-hybridized carbons (Fsp3) is 0.333. The number of nitrogens with zero attached hydrogens (tertiary/aromatic N) is 1. The molecule has 0 aliphatic carbocycles. The van der Waals surface area contributed by atoms with E-state index >= 15 is 0 Å². The molecule has 0 saturated heterocycles. The minimum absolute atomic E-state index is 0. The summed E-state index contributed by atoms with van der Waals surface area (Å²) in [6.45, 7) is 10.2. The average Bonchev–Trinajstić information content (AvgIpc) is 2.91. The molecule has 0 amide bonds. The van der Waals surface area contributed by atoms with E-state index < -0.39 is 0 Å². The summed E-state index contributed by atoms with van der Waals surface area (Å²) in [6, 6.07) is 19.8. The van der Waals surface area contributed by atoms with E-state index in [9.17, 15) is 9.90 Å². The van der Waals surface area contributed by atoms with E-state index in [-0.39, 0.29) is 43.5 Å². The van der Waals surface area contributed by atoms with E-state index in [4.69, 9.17) is 4.74 Å². The second-order valence-corrected chi connectivity index (χ2v) is 9.70. The van der Waals surface area contributed by atoms with Crippen LogP contribution in [0.15, 0.2) is 66.6 Å². The van der Waals surface area contributed by atoms with Crippen LogP contribution in [0, 0.1) is 24.8 Å². The first-order chi connectivity index (χ1) is 17.9. The molecule has 0 fully saturated rings. The molecule has 1 N–H and O–H groups in total. The van der Waals surface area contributed by atoms with Crippen LogP contribution in [0.25, 0.3) is 32.8 Å². The third-order valence-corrected chi connectivity index (χ3v) is 7.33. The molecule has 0 unspecified atom stereocenters. The van der Waals surface area contributed by atoms with Crippen LogP contribution in [0.5, 0.6) is 11.5 Å². The van der Waals surface area contributed by atoms with Crippen molar-refractivity contribution < 1.29 is 34.7 Å². The van der Waals surface area contributed by atoms with Gasteiger partial charge in [0.2, 0.25) is 0 Å². The molecule has 1 aliphatic rings. The van der Waals surface area contributed by atoms with Crippen LogP contribution < -0.4 is 4.74 Å². The van der Waals surface area contributed by atoms with E-state index in [1.54, 1.807) is 0 Å². The number of ether oxygens (including phenoxy) is 1. The molecule has 0 atom stereocenters. The Balaban J connectivity index is 0.000000223. The molecule has 1 radical (unpaired) electrons. The van der Waals surface area contributed by atoms with Gasteiger partial charge in [-0.1, -0.05) is 68.3 Å². The minimum atomic E-state index is 0. The van der Waals surface area contributed by atoms with Gasteiger partial charge in [0.1, 0.15) is 5.75 Å². The second-order valence-electron chi connectivity index (χ2n) is 9.70. The number of fused-ring (bicyclic) bond motifs is 4. The second kappa shape index (κ2) is 13.2. The number of aliphatic hydroxyl groups is 1. The number of hydrogen-bond acceptors (Lipinski definition) is 4. The van der Waals surface area contributed by atoms with Crippen molar-refractivity contribution in [2.24, 2.45) is 11.8 Å². The van der Waals surface area contributed by atoms with Gasteiger partial charge in [-0.2, -0.15) is 0 Å². The summed E-state index contributed by atoms with van der Waals surface area (Å²) >= 11 is 0. The number of carbonyl (C=O) groups excluding carboxylic acids is 1. The Hall–Kier alpha value is -3.01. The number of aromatic nitrogens is 1. The van der Waals surface area contributed by atoms with Crippen LogP contribution in [0.4, 0.5) is 0 Å². The van der Waals surface area contributed by atoms with Crippen molar-refractivity contribution in [1.82, 2.24) is 4.98 Å². The molecule has 0 bridgehead atoms. The van der Waals surface area contributed by atoms with Crippen molar-refractivity contribution in [3.05, 3.63) is 78.2 Å². The number of hydrogen-bond donors (Lipinski definition) is 1. The number of ketones is 1. The number of aryl methyl sites for hydroxylation is 1. The van der Waals surface area contributed by atoms with Gasteiger partial charge in [-0.3, -0.25) is 4.79 Å². The number of benzene rings is 3. The Labute approximate surface area is 239 Å². The third kappa shape index (κ3) is 6.00. The molecule has 1 aliphatic heterocycles. The Morgan fingerprint density at radius 3 is 2.39 bits per heavy atom. The summed E-state index contributed by atoms with van der Waals surface area (Å²) in [5.41, 5.74) is 3.12. The predicted octanol–water partition coefficient (Wildman–Crippen LogP) is 9.14. The zero-order valence-electron chi connectivity index (χ0n) is 22.8. The van der Waals surface area contributed by atoms with Gasteiger partial charge < -0.3 is 14.8 Å². The topological polar surface area (TPSA) is 59.4 Å². The Morgan fingerprint density at radius 1 is 1.00 bits per heavy atom. The summed E-state index contributed by atoms with van der Waals surface area (Å²) in [4.78, 5) is 16.4. The van der Waals surface area contributed by atoms with Crippen molar-refractivity contribution in [3.63, 3.8) is 0 Å². The normalized spacial score (nSPS) is 12.0. The van der Waals surface area contributed by atoms with Gasteiger partial charge in [0.25, 0.3) is 0 Å². The SMILES string of the molecule is CCC(CC)C(=O)/C=C(\O)C(CC)CC.Cc1ccc2cnc3c(c2c1)Oc1cccc2cc[c-]c-3c12.[Ir]. The van der Waals surface area contributed by atoms with E-state index in [0.29, 0.717) is 0 Å². The summed E-state index contributed by atoms with van der Waals surface area (Å²) in [5.74, 6) is 2.27. The van der Waals surface area contributed by atoms with E-state index in [2.05, 4.69) is 48.3 Å². The molecule has 3 aromatic carbocycles. The zero-order chi connectivity index (χ0) is 26.5. The van der Waals surface area contributed by atoms with Gasteiger partial charge in [0.05, 0.1) is 11.5 Å². The van der Waals surface area contributed by atoms with E-state index in [1.165, 1.54) is 11.6 Å². The zero-order valence-corrected chi connectivity index (χ0v) is 25.2. The fourth-order valence-electron chi connectivity index (χ4n) is 4.98. The first-order valence-electron chi connectivity index (χ1n) is 13.4. The van der Waals surface area contributed by atoms with Crippen molar-refractivity contribution in [1.29, 1.82) is 0 Å². The number of pyridine rings is 1. The van der Waals surface area contributed by atoms with Crippen LogP contribution in [0.1, 0.15) is 58.9 Å². The monoisotopic (exact) mass is 687 g/mol. The number of allylic oxidation sites excluding steroid dienone is 2. The van der Waals surface area contributed by atoms with Crippen LogP contribution in [-0.4, -0.2) is 15.9 Å². The molecule has 4 nitrogen and oxygen atoms in total. The molecule has 5 heteroatoms. The van der Waals surface area contributed by atoms with E-state index in [1.807, 2.05) is 52.1 Å². The third-order valence-electron chi connectivity index (χ3n) is 7.33. The first-order valence-corrected chi connectivity index (χ1v) is 13.4. The molecule has 38 heavy (non-hydrogen) atoms. The smallest absolute Gasteiger partial charge is 0.162 e. The molecular formula is C33H36IrNO3-. The van der Waals surface area contributed by atoms with Crippen molar-refractivity contribution in [2.75, 3.05) is 0 Å². The Morgan fingerprint density at radius 2 is 1.71 bits per heavy atom. The molecule has 201 valence electrons. The van der Waals surface area contributed by atoms with Gasteiger partial charge in [0, 0.05) is 60.7 Å². The molecule has 2 heterocycles. The standard InChI is InChI=1S/C20H12NO.C13H24O2.Ir/c1-12-8-9-14-11-21-19-15-6-2-4-13-5-3-7-17(18(13)15)22-20(19)16(14)10-12;1-5-10(6-2)12(14)9-13(15)11(7-3)8-4;/h2-5,7-11H,1H3;9-11,14H,5-8H2,1-4H3;/q-1;;/b;12-9-;. The number of rotatable bonds is 7. The molecule has 4 aromatic rings. The fourth-order valence-corrected chi connectivity index (χ4v) is 4.98. The first kappa shape index (κ1) is 29.5. The summed E-state index contributed by atoms with van der Waals surface area (Å²) in [5, 5.41) is 14.2. The van der Waals surface area contributed by atoms with Gasteiger partial charge in [-0.25, -0.2) is 0 Å². The van der Waals surface area contributed by atoms with Crippen LogP contribution in [-0.2, 0) is 24.9 Å². The van der Waals surface area contributed by atoms with Crippen molar-refractivity contribution >= 4 is 27.3 Å². The van der Waals surface area contributed by atoms with Crippen molar-refractivity contribution in [3.8, 4) is 22.8 Å². The number of carbonyl (C=O) groups is 1. The number of aliphatic hydroxyl groups excluding tert-OH is 1. The molecule has 0 spiro atoms. The maximum absolute atomic E-state index is 11.7. The molecule has 1 aromatic heterocycles. The largest absolute Gasteiger partial charge is 0.512 e. The van der Waals surface area contributed by atoms with Crippen LogP contribution >= 0.6 is 0 Å². The Kier molecular flexibility index (Phi) is 10.2. The summed E-state index contributed by atoms with van der Waals surface area (Å²) in [7, 11) is 0. The molecular weight excluding hydrogens is 651 g/mol. The maximum atomic E-state index is 11.7. The van der Waals surface area contributed by atoms with Crippen LogP contribution in [0.3, 0.4) is 0 Å². The minimum Gasteiger partial charge on any atom is -0.512 e. The summed E-state index contributed by atoms with van der Waals surface area (Å²) in [6.07, 6.45) is 6.82. The molecule has 0 saturated carbocycles.